The number of rotatable bonds is 7. The molecule has 1 heterocycles. The van der Waals surface area contributed by atoms with Gasteiger partial charge in [-0.05, 0) is 29.7 Å². The van der Waals surface area contributed by atoms with Gasteiger partial charge in [0, 0.05) is 23.9 Å². The number of pyridine rings is 1. The number of benzene rings is 2. The fourth-order valence-corrected chi connectivity index (χ4v) is 3.02. The third-order valence-electron chi connectivity index (χ3n) is 4.50. The van der Waals surface area contributed by atoms with Gasteiger partial charge in [0.2, 0.25) is 0 Å². The van der Waals surface area contributed by atoms with Crippen molar-refractivity contribution in [2.75, 3.05) is 0 Å². The third kappa shape index (κ3) is 5.30. The molecule has 0 aliphatic carbocycles. The van der Waals surface area contributed by atoms with Crippen molar-refractivity contribution in [3.05, 3.63) is 111 Å². The van der Waals surface area contributed by atoms with Gasteiger partial charge < -0.3 is 14.8 Å². The monoisotopic (exact) mass is 425 g/mol. The smallest absolute Gasteiger partial charge is 0.376 e. The molecule has 0 bridgehead atoms. The molecule has 2 N–H and O–H groups in total. The number of nitrogens with zero attached hydrogens (tertiary/aromatic N) is 1. The molecule has 0 atom stereocenters. The second-order valence-corrected chi connectivity index (χ2v) is 6.79. The molecule has 158 valence electrons. The lowest BCUT2D eigenvalue weighted by molar-refractivity contribution is -0.146. The number of carbonyl (C=O) groups is 2. The minimum Gasteiger partial charge on any atom is -0.507 e. The second-order valence-electron chi connectivity index (χ2n) is 6.79. The van der Waals surface area contributed by atoms with Crippen LogP contribution in [0.15, 0.2) is 71.7 Å². The minimum atomic E-state index is -1.79. The Balaban J connectivity index is 2.10. The van der Waals surface area contributed by atoms with Gasteiger partial charge >= 0.3 is 5.97 Å². The molecule has 6 nitrogen and oxygen atoms in total. The average molecular weight is 425 g/mol. The summed E-state index contributed by atoms with van der Waals surface area (Å²) < 4.78 is 28.4. The molecule has 0 saturated carbocycles. The highest BCUT2D eigenvalue weighted by atomic mass is 19.1. The number of aliphatic hydroxyl groups excluding tert-OH is 1. The van der Waals surface area contributed by atoms with E-state index < -0.39 is 34.7 Å². The van der Waals surface area contributed by atoms with E-state index in [4.69, 9.17) is 5.11 Å². The van der Waals surface area contributed by atoms with Gasteiger partial charge in [-0.3, -0.25) is 9.59 Å². The molecule has 1 aromatic heterocycles. The first kappa shape index (κ1) is 21.6. The number of aliphatic carboxylic acids is 1. The van der Waals surface area contributed by atoms with Crippen LogP contribution in [-0.4, -0.2) is 26.5 Å². The molecule has 0 amide bonds. The Labute approximate surface area is 175 Å². The number of carboxylic acid groups (broad SMARTS) is 1. The van der Waals surface area contributed by atoms with Crippen molar-refractivity contribution >= 4 is 17.5 Å². The van der Waals surface area contributed by atoms with Gasteiger partial charge in [-0.1, -0.05) is 36.4 Å². The predicted octanol–water partition coefficient (Wildman–Crippen LogP) is 3.32. The maximum Gasteiger partial charge on any atom is 0.376 e. The number of aliphatic hydroxyl groups is 1. The van der Waals surface area contributed by atoms with Crippen LogP contribution < -0.4 is 5.56 Å². The quantitative estimate of drug-likeness (QED) is 0.344. The van der Waals surface area contributed by atoms with E-state index in [1.54, 1.807) is 0 Å². The number of halogens is 2. The topological polar surface area (TPSA) is 96.6 Å². The van der Waals surface area contributed by atoms with E-state index in [-0.39, 0.29) is 17.7 Å². The van der Waals surface area contributed by atoms with Crippen molar-refractivity contribution in [1.29, 1.82) is 0 Å². The lowest BCUT2D eigenvalue weighted by atomic mass is 10.0. The van der Waals surface area contributed by atoms with Gasteiger partial charge in [-0.25, -0.2) is 13.6 Å². The fraction of sp³-hybridized carbons (Fsp3) is 0.0870. The number of aromatic nitrogens is 1. The first-order valence-corrected chi connectivity index (χ1v) is 9.14. The maximum atomic E-state index is 14.1. The summed E-state index contributed by atoms with van der Waals surface area (Å²) in [5, 5.41) is 19.0. The summed E-state index contributed by atoms with van der Waals surface area (Å²) in [6, 6.07) is 13.5. The Morgan fingerprint density at radius 3 is 2.32 bits per heavy atom. The molecule has 0 radical (unpaired) electrons. The number of hydrogen-bond donors (Lipinski definition) is 2. The molecule has 3 aromatic rings. The summed E-state index contributed by atoms with van der Waals surface area (Å²) in [5.41, 5.74) is 0.386. The lowest BCUT2D eigenvalue weighted by Crippen LogP contribution is -2.25. The van der Waals surface area contributed by atoms with E-state index in [9.17, 15) is 28.3 Å². The highest BCUT2D eigenvalue weighted by Crippen LogP contribution is 2.16. The van der Waals surface area contributed by atoms with Gasteiger partial charge in [0.15, 0.2) is 0 Å². The third-order valence-corrected chi connectivity index (χ3v) is 4.50. The summed E-state index contributed by atoms with van der Waals surface area (Å²) in [6.07, 6.45) is 2.25. The van der Waals surface area contributed by atoms with Crippen LogP contribution in [-0.2, 0) is 22.6 Å². The fourth-order valence-electron chi connectivity index (χ4n) is 3.02. The maximum absolute atomic E-state index is 14.1. The van der Waals surface area contributed by atoms with Crippen molar-refractivity contribution in [2.24, 2.45) is 0 Å². The molecule has 0 fully saturated rings. The summed E-state index contributed by atoms with van der Waals surface area (Å²) in [6.45, 7) is -0.263. The highest BCUT2D eigenvalue weighted by molar-refractivity contribution is 6.38. The van der Waals surface area contributed by atoms with Crippen molar-refractivity contribution < 1.29 is 28.6 Å². The van der Waals surface area contributed by atoms with Gasteiger partial charge in [-0.2, -0.15) is 0 Å². The number of hydrogen-bond acceptors (Lipinski definition) is 4. The van der Waals surface area contributed by atoms with E-state index in [1.165, 1.54) is 18.3 Å². The van der Waals surface area contributed by atoms with E-state index >= 15 is 0 Å². The largest absolute Gasteiger partial charge is 0.507 e. The Kier molecular flexibility index (Phi) is 6.40. The van der Waals surface area contributed by atoms with E-state index in [2.05, 4.69) is 0 Å². The second kappa shape index (κ2) is 9.17. The first-order valence-electron chi connectivity index (χ1n) is 9.14. The van der Waals surface area contributed by atoms with E-state index in [1.807, 2.05) is 30.3 Å². The molecular weight excluding hydrogens is 408 g/mol. The lowest BCUT2D eigenvalue weighted by Gasteiger charge is -2.13. The molecule has 31 heavy (non-hydrogen) atoms. The highest BCUT2D eigenvalue weighted by Gasteiger charge is 2.16. The summed E-state index contributed by atoms with van der Waals surface area (Å²) in [7, 11) is 0. The van der Waals surface area contributed by atoms with Crippen LogP contribution in [0, 0.1) is 11.6 Å². The first-order chi connectivity index (χ1) is 14.7. The van der Waals surface area contributed by atoms with Crippen LogP contribution in [0.25, 0.3) is 5.76 Å². The van der Waals surface area contributed by atoms with Crippen LogP contribution in [0.3, 0.4) is 0 Å². The molecule has 0 aliphatic heterocycles. The summed E-state index contributed by atoms with van der Waals surface area (Å²) in [4.78, 5) is 35.1. The molecule has 2 aromatic carbocycles. The van der Waals surface area contributed by atoms with Crippen LogP contribution in [0.5, 0.6) is 0 Å². The van der Waals surface area contributed by atoms with Crippen LogP contribution in [0.2, 0.25) is 0 Å². The zero-order valence-corrected chi connectivity index (χ0v) is 16.1. The van der Waals surface area contributed by atoms with Crippen LogP contribution in [0.1, 0.15) is 22.3 Å². The molecule has 0 spiro atoms. The van der Waals surface area contributed by atoms with Crippen molar-refractivity contribution in [3.8, 4) is 0 Å². The van der Waals surface area contributed by atoms with Crippen molar-refractivity contribution in [1.82, 2.24) is 4.57 Å². The zero-order valence-electron chi connectivity index (χ0n) is 16.1. The predicted molar refractivity (Wildman–Crippen MR) is 109 cm³/mol. The van der Waals surface area contributed by atoms with Gasteiger partial charge in [0.05, 0.1) is 12.1 Å². The standard InChI is InChI=1S/C23H17F2NO5/c24-17-7-6-16(19(25)10-17)13-26-12-15(8-14-4-2-1-3-5-14)9-18(22(26)29)20(27)11-21(28)23(30)31/h1-7,9-12,27H,8,13H2,(H,30,31). The minimum absolute atomic E-state index is 0.0383. The molecular formula is C23H17F2NO5. The Bertz CT molecular complexity index is 1230. The van der Waals surface area contributed by atoms with Gasteiger partial charge in [0.25, 0.3) is 11.3 Å². The van der Waals surface area contributed by atoms with Crippen molar-refractivity contribution in [3.63, 3.8) is 0 Å². The Morgan fingerprint density at radius 1 is 0.968 bits per heavy atom. The number of ketones is 1. The average Bonchev–Trinajstić information content (AvgIpc) is 2.72. The van der Waals surface area contributed by atoms with Crippen LogP contribution in [0.4, 0.5) is 8.78 Å². The molecule has 0 saturated heterocycles. The van der Waals surface area contributed by atoms with E-state index in [0.29, 0.717) is 24.1 Å². The molecule has 8 heteroatoms. The Morgan fingerprint density at radius 2 is 1.68 bits per heavy atom. The number of carbonyl (C=O) groups excluding carboxylic acids is 1. The summed E-state index contributed by atoms with van der Waals surface area (Å²) >= 11 is 0. The van der Waals surface area contributed by atoms with Gasteiger partial charge in [0.1, 0.15) is 17.4 Å². The SMILES string of the molecule is O=C(O)C(=O)C=C(O)c1cc(Cc2ccccc2)cn(Cc2ccc(F)cc2F)c1=O. The van der Waals surface area contributed by atoms with Crippen molar-refractivity contribution in [2.45, 2.75) is 13.0 Å². The number of carboxylic acids is 1. The van der Waals surface area contributed by atoms with Crippen LogP contribution >= 0.6 is 0 Å². The summed E-state index contributed by atoms with van der Waals surface area (Å²) in [5.74, 6) is -5.62. The normalized spacial score (nSPS) is 11.4. The molecule has 0 unspecified atom stereocenters. The van der Waals surface area contributed by atoms with Gasteiger partial charge in [-0.15, -0.1) is 0 Å². The zero-order chi connectivity index (χ0) is 22.5. The van der Waals surface area contributed by atoms with E-state index in [0.717, 1.165) is 16.2 Å². The molecule has 0 aliphatic rings. The molecule has 3 rings (SSSR count). The Hall–Kier alpha value is -4.07.